The van der Waals surface area contributed by atoms with E-state index in [9.17, 15) is 18.4 Å². The number of nitrogens with one attached hydrogen (secondary N) is 1. The maximum Gasteiger partial charge on any atom is 0.416 e. The molecule has 4 aromatic rings. The highest BCUT2D eigenvalue weighted by Gasteiger charge is 2.21. The Morgan fingerprint density at radius 2 is 1.66 bits per heavy atom. The molecule has 9 nitrogen and oxygen atoms in total. The summed E-state index contributed by atoms with van der Waals surface area (Å²) in [5, 5.41) is 4.55. The molecule has 0 spiro atoms. The van der Waals surface area contributed by atoms with Crippen LogP contribution in [0.15, 0.2) is 52.1 Å². The number of rotatable bonds is 7. The van der Waals surface area contributed by atoms with Gasteiger partial charge < -0.3 is 9.80 Å². The minimum Gasteiger partial charge on any atom is -0.304 e. The molecule has 11 heteroatoms. The molecule has 0 bridgehead atoms. The summed E-state index contributed by atoms with van der Waals surface area (Å²) in [6.45, 7) is 5.47. The molecule has 198 valence electrons. The Bertz CT molecular complexity index is 1580. The summed E-state index contributed by atoms with van der Waals surface area (Å²) >= 11 is 0. The van der Waals surface area contributed by atoms with E-state index >= 15 is 0 Å². The molecule has 0 saturated carbocycles. The van der Waals surface area contributed by atoms with Gasteiger partial charge in [0.05, 0.1) is 0 Å². The van der Waals surface area contributed by atoms with Crippen molar-refractivity contribution in [2.45, 2.75) is 19.4 Å². The van der Waals surface area contributed by atoms with Crippen molar-refractivity contribution in [3.63, 3.8) is 0 Å². The van der Waals surface area contributed by atoms with Crippen LogP contribution in [0, 0.1) is 11.6 Å². The third kappa shape index (κ3) is 5.53. The maximum absolute atomic E-state index is 13.8. The molecule has 3 heterocycles. The first-order valence-electron chi connectivity index (χ1n) is 12.6. The fourth-order valence-corrected chi connectivity index (χ4v) is 4.62. The molecular weight excluding hydrogens is 492 g/mol. The van der Waals surface area contributed by atoms with Gasteiger partial charge in [-0.15, -0.1) is 4.68 Å². The predicted molar refractivity (Wildman–Crippen MR) is 139 cm³/mol. The van der Waals surface area contributed by atoms with Gasteiger partial charge in [-0.3, -0.25) is 4.79 Å². The van der Waals surface area contributed by atoms with Crippen LogP contribution < -0.4 is 15.9 Å². The molecule has 0 unspecified atom stereocenters. The standard InChI is InChI=1S/C27H29F2N7O2/c1-33-12-14-35(15-13-33)11-3-4-18-5-8-20(9-6-18)24-30-23-25(31-27(38)34(2)26(23)37)36(32-24)17-19-7-10-21(28)22(29)16-19/h5-10,16H,3-4,11-15,17H2,1-2H3/p+1. The van der Waals surface area contributed by atoms with Crippen LogP contribution >= 0.6 is 0 Å². The minimum atomic E-state index is -0.991. The summed E-state index contributed by atoms with van der Waals surface area (Å²) in [4.78, 5) is 37.1. The predicted octanol–water partition coefficient (Wildman–Crippen LogP) is 1.48. The lowest BCUT2D eigenvalue weighted by Gasteiger charge is -2.32. The van der Waals surface area contributed by atoms with E-state index < -0.39 is 22.9 Å². The second-order valence-corrected chi connectivity index (χ2v) is 9.78. The first kappa shape index (κ1) is 25.8. The molecule has 1 aliphatic rings. The molecule has 0 radical (unpaired) electrons. The Labute approximate surface area is 218 Å². The highest BCUT2D eigenvalue weighted by atomic mass is 19.2. The van der Waals surface area contributed by atoms with Gasteiger partial charge in [-0.1, -0.05) is 35.4 Å². The Hall–Kier alpha value is -3.83. The largest absolute Gasteiger partial charge is 0.416 e. The van der Waals surface area contributed by atoms with E-state index in [1.807, 2.05) is 24.3 Å². The van der Waals surface area contributed by atoms with Crippen LogP contribution in [-0.4, -0.2) is 69.2 Å². The van der Waals surface area contributed by atoms with Gasteiger partial charge in [0.1, 0.15) is 6.54 Å². The SMILES string of the molecule is CN1CCN(CCCc2ccc(-c3nc4c(=O)n(C)c(=O)[nH]c4[n+](Cc4ccc(F)c(F)c4)n3)cc2)CC1. The molecule has 0 aliphatic carbocycles. The number of aryl methyl sites for hydroxylation is 1. The first-order valence-corrected chi connectivity index (χ1v) is 12.6. The van der Waals surface area contributed by atoms with Gasteiger partial charge in [-0.05, 0) is 49.7 Å². The lowest BCUT2D eigenvalue weighted by atomic mass is 10.1. The Balaban J connectivity index is 1.41. The van der Waals surface area contributed by atoms with Crippen LogP contribution in [0.3, 0.4) is 0 Å². The van der Waals surface area contributed by atoms with E-state index in [1.54, 1.807) is 0 Å². The van der Waals surface area contributed by atoms with Crippen LogP contribution in [0.25, 0.3) is 22.6 Å². The maximum atomic E-state index is 13.8. The van der Waals surface area contributed by atoms with Gasteiger partial charge in [0, 0.05) is 38.8 Å². The van der Waals surface area contributed by atoms with Crippen LogP contribution in [0.2, 0.25) is 0 Å². The third-order valence-electron chi connectivity index (χ3n) is 7.02. The highest BCUT2D eigenvalue weighted by molar-refractivity contribution is 5.67. The molecule has 1 fully saturated rings. The average Bonchev–Trinajstić information content (AvgIpc) is 2.91. The van der Waals surface area contributed by atoms with Gasteiger partial charge in [0.2, 0.25) is 11.3 Å². The number of benzene rings is 2. The zero-order valence-electron chi connectivity index (χ0n) is 21.5. The molecule has 1 N–H and O–H groups in total. The smallest absolute Gasteiger partial charge is 0.304 e. The van der Waals surface area contributed by atoms with E-state index in [2.05, 4.69) is 31.9 Å². The van der Waals surface area contributed by atoms with Crippen molar-refractivity contribution in [2.24, 2.45) is 7.05 Å². The van der Waals surface area contributed by atoms with Crippen molar-refractivity contribution >= 4 is 11.2 Å². The lowest BCUT2D eigenvalue weighted by molar-refractivity contribution is -0.722. The molecule has 2 aromatic heterocycles. The van der Waals surface area contributed by atoms with Gasteiger partial charge in [0.15, 0.2) is 11.6 Å². The summed E-state index contributed by atoms with van der Waals surface area (Å²) < 4.78 is 29.6. The third-order valence-corrected chi connectivity index (χ3v) is 7.02. The van der Waals surface area contributed by atoms with Crippen LogP contribution in [0.1, 0.15) is 17.5 Å². The second kappa shape index (κ2) is 10.9. The molecule has 0 amide bonds. The van der Waals surface area contributed by atoms with Crippen LogP contribution in [0.5, 0.6) is 0 Å². The molecule has 0 atom stereocenters. The molecule has 38 heavy (non-hydrogen) atoms. The topological polar surface area (TPSA) is 91.0 Å². The summed E-state index contributed by atoms with van der Waals surface area (Å²) in [6, 6.07) is 11.4. The number of fused-ring (bicyclic) bond motifs is 1. The Morgan fingerprint density at radius 3 is 2.37 bits per heavy atom. The molecular formula is C27H30F2N7O2+. The number of hydrogen-bond donors (Lipinski definition) is 1. The number of aromatic amines is 1. The number of likely N-dealkylation sites (N-methyl/N-ethyl adjacent to an activating group) is 1. The summed E-state index contributed by atoms with van der Waals surface area (Å²) in [7, 11) is 3.51. The first-order chi connectivity index (χ1) is 18.3. The highest BCUT2D eigenvalue weighted by Crippen LogP contribution is 2.17. The average molecular weight is 523 g/mol. The van der Waals surface area contributed by atoms with Crippen molar-refractivity contribution < 1.29 is 13.5 Å². The summed E-state index contributed by atoms with van der Waals surface area (Å²) in [5.74, 6) is -1.67. The van der Waals surface area contributed by atoms with Crippen molar-refractivity contribution in [1.82, 2.24) is 29.4 Å². The molecule has 5 rings (SSSR count). The fourth-order valence-electron chi connectivity index (χ4n) is 4.62. The Morgan fingerprint density at radius 1 is 0.947 bits per heavy atom. The van der Waals surface area contributed by atoms with E-state index in [0.29, 0.717) is 11.1 Å². The Kier molecular flexibility index (Phi) is 7.39. The van der Waals surface area contributed by atoms with Crippen LogP contribution in [0.4, 0.5) is 8.78 Å². The number of nitrogens with zero attached hydrogens (tertiary/aromatic N) is 6. The van der Waals surface area contributed by atoms with E-state index in [-0.39, 0.29) is 23.5 Å². The van der Waals surface area contributed by atoms with Crippen molar-refractivity contribution in [1.29, 1.82) is 0 Å². The van der Waals surface area contributed by atoms with Gasteiger partial charge in [-0.2, -0.15) is 4.98 Å². The molecule has 1 saturated heterocycles. The van der Waals surface area contributed by atoms with Gasteiger partial charge in [0.25, 0.3) is 5.56 Å². The van der Waals surface area contributed by atoms with Crippen LogP contribution in [-0.2, 0) is 20.0 Å². The normalized spacial score (nSPS) is 14.8. The zero-order chi connectivity index (χ0) is 26.8. The van der Waals surface area contributed by atoms with Crippen molar-refractivity contribution in [3.8, 4) is 11.4 Å². The van der Waals surface area contributed by atoms with Crippen molar-refractivity contribution in [3.05, 3.63) is 86.1 Å². The van der Waals surface area contributed by atoms with Gasteiger partial charge >= 0.3 is 11.3 Å². The summed E-state index contributed by atoms with van der Waals surface area (Å²) in [6.07, 6.45) is 2.01. The number of hydrogen-bond acceptors (Lipinski definition) is 6. The van der Waals surface area contributed by atoms with Crippen molar-refractivity contribution in [2.75, 3.05) is 39.8 Å². The summed E-state index contributed by atoms with van der Waals surface area (Å²) in [5.41, 5.74) is 1.23. The number of halogens is 2. The minimum absolute atomic E-state index is 0.00327. The lowest BCUT2D eigenvalue weighted by Crippen LogP contribution is -2.45. The van der Waals surface area contributed by atoms with E-state index in [0.717, 1.165) is 62.3 Å². The monoisotopic (exact) mass is 522 g/mol. The van der Waals surface area contributed by atoms with E-state index in [4.69, 9.17) is 0 Å². The number of aromatic nitrogens is 5. The number of H-pyrrole nitrogens is 1. The molecule has 2 aromatic carbocycles. The molecule has 1 aliphatic heterocycles. The van der Waals surface area contributed by atoms with E-state index in [1.165, 1.54) is 23.4 Å². The fraction of sp³-hybridized carbons (Fsp3) is 0.370. The second-order valence-electron chi connectivity index (χ2n) is 9.78. The zero-order valence-corrected chi connectivity index (χ0v) is 21.5. The van der Waals surface area contributed by atoms with Gasteiger partial charge in [-0.25, -0.2) is 23.1 Å². The quantitative estimate of drug-likeness (QED) is 0.370. The number of piperazine rings is 1.